The first-order valence-corrected chi connectivity index (χ1v) is 6.53. The largest absolute Gasteiger partial charge is 0.353 e. The Balaban J connectivity index is 1.75. The van der Waals surface area contributed by atoms with Crippen LogP contribution in [0.5, 0.6) is 0 Å². The highest BCUT2D eigenvalue weighted by molar-refractivity contribution is 5.25. The third-order valence-electron chi connectivity index (χ3n) is 3.13. The number of likely N-dealkylation sites (tertiary alicyclic amines) is 1. The van der Waals surface area contributed by atoms with E-state index < -0.39 is 0 Å². The fraction of sp³-hybridized carbons (Fsp3) is 0.615. The van der Waals surface area contributed by atoms with Gasteiger partial charge in [0.1, 0.15) is 0 Å². The lowest BCUT2D eigenvalue weighted by molar-refractivity contribution is 0.237. The van der Waals surface area contributed by atoms with E-state index in [1.54, 1.807) is 12.3 Å². The molecular weight excluding hydrogens is 226 g/mol. The molecule has 0 aliphatic carbocycles. The van der Waals surface area contributed by atoms with Crippen molar-refractivity contribution in [1.82, 2.24) is 14.9 Å². The Labute approximate surface area is 108 Å². The van der Waals surface area contributed by atoms with Gasteiger partial charge in [-0.2, -0.15) is 5.26 Å². The Morgan fingerprint density at radius 2 is 2.17 bits per heavy atom. The van der Waals surface area contributed by atoms with Crippen LogP contribution in [-0.2, 0) is 6.42 Å². The zero-order chi connectivity index (χ0) is 12.6. The molecule has 0 amide bonds. The van der Waals surface area contributed by atoms with Gasteiger partial charge in [-0.05, 0) is 32.0 Å². The normalized spacial score (nSPS) is 16.2. The predicted molar refractivity (Wildman–Crippen MR) is 70.1 cm³/mol. The Bertz CT molecular complexity index is 406. The highest BCUT2D eigenvalue weighted by atomic mass is 15.2. The highest BCUT2D eigenvalue weighted by Crippen LogP contribution is 2.08. The van der Waals surface area contributed by atoms with Crippen LogP contribution in [0.1, 0.15) is 25.0 Å². The number of nitrogens with zero attached hydrogens (tertiary/aromatic N) is 4. The maximum atomic E-state index is 8.62. The van der Waals surface area contributed by atoms with E-state index in [2.05, 4.69) is 26.3 Å². The predicted octanol–water partition coefficient (Wildman–Crippen LogP) is 1.44. The second kappa shape index (κ2) is 6.92. The van der Waals surface area contributed by atoms with Gasteiger partial charge in [0.2, 0.25) is 5.95 Å². The van der Waals surface area contributed by atoms with Crippen LogP contribution in [0.15, 0.2) is 12.3 Å². The van der Waals surface area contributed by atoms with E-state index in [0.29, 0.717) is 12.4 Å². The van der Waals surface area contributed by atoms with Crippen molar-refractivity contribution in [2.75, 3.05) is 31.5 Å². The van der Waals surface area contributed by atoms with Crippen LogP contribution >= 0.6 is 0 Å². The molecule has 18 heavy (non-hydrogen) atoms. The number of nitriles is 1. The Morgan fingerprint density at radius 1 is 1.33 bits per heavy atom. The summed E-state index contributed by atoms with van der Waals surface area (Å²) in [7, 11) is 0. The van der Waals surface area contributed by atoms with Gasteiger partial charge in [-0.1, -0.05) is 6.42 Å². The van der Waals surface area contributed by atoms with E-state index in [1.165, 1.54) is 32.4 Å². The van der Waals surface area contributed by atoms with Gasteiger partial charge < -0.3 is 10.2 Å². The first-order chi connectivity index (χ1) is 8.88. The molecule has 2 heterocycles. The molecule has 0 unspecified atom stereocenters. The third kappa shape index (κ3) is 3.97. The molecule has 1 saturated heterocycles. The minimum absolute atomic E-state index is 0.337. The van der Waals surface area contributed by atoms with Crippen LogP contribution in [-0.4, -0.2) is 41.0 Å². The molecular formula is C13H19N5. The van der Waals surface area contributed by atoms with E-state index >= 15 is 0 Å². The molecule has 0 radical (unpaired) electrons. The van der Waals surface area contributed by atoms with Gasteiger partial charge in [0.05, 0.1) is 18.2 Å². The van der Waals surface area contributed by atoms with E-state index in [4.69, 9.17) is 5.26 Å². The van der Waals surface area contributed by atoms with E-state index in [-0.39, 0.29) is 0 Å². The summed E-state index contributed by atoms with van der Waals surface area (Å²) in [5, 5.41) is 11.8. The Hall–Kier alpha value is -1.67. The van der Waals surface area contributed by atoms with Gasteiger partial charge in [-0.15, -0.1) is 0 Å². The van der Waals surface area contributed by atoms with E-state index in [0.717, 1.165) is 18.8 Å². The first kappa shape index (κ1) is 12.8. The summed E-state index contributed by atoms with van der Waals surface area (Å²) in [4.78, 5) is 10.9. The van der Waals surface area contributed by atoms with Gasteiger partial charge in [0.15, 0.2) is 0 Å². The molecule has 1 aliphatic rings. The molecule has 0 spiro atoms. The number of anilines is 1. The molecule has 2 rings (SSSR count). The zero-order valence-electron chi connectivity index (χ0n) is 10.6. The number of aromatic nitrogens is 2. The van der Waals surface area contributed by atoms with Crippen LogP contribution in [0.4, 0.5) is 5.95 Å². The summed E-state index contributed by atoms with van der Waals surface area (Å²) in [5.41, 5.74) is 0.771. The maximum absolute atomic E-state index is 8.62. The van der Waals surface area contributed by atoms with Crippen LogP contribution in [0, 0.1) is 11.3 Å². The summed E-state index contributed by atoms with van der Waals surface area (Å²) in [5.74, 6) is 0.625. The molecule has 0 bridgehead atoms. The van der Waals surface area contributed by atoms with Crippen molar-refractivity contribution < 1.29 is 0 Å². The fourth-order valence-corrected chi connectivity index (χ4v) is 2.17. The summed E-state index contributed by atoms with van der Waals surface area (Å²) in [6.07, 6.45) is 6.03. The lowest BCUT2D eigenvalue weighted by Crippen LogP contribution is -2.33. The number of nitrogens with one attached hydrogen (secondary N) is 1. The number of hydrogen-bond donors (Lipinski definition) is 1. The van der Waals surface area contributed by atoms with E-state index in [1.807, 2.05) is 0 Å². The van der Waals surface area contributed by atoms with Crippen LogP contribution < -0.4 is 5.32 Å². The lowest BCUT2D eigenvalue weighted by Gasteiger charge is -2.26. The number of hydrogen-bond acceptors (Lipinski definition) is 5. The molecule has 1 N–H and O–H groups in total. The van der Waals surface area contributed by atoms with Crippen molar-refractivity contribution >= 4 is 5.95 Å². The van der Waals surface area contributed by atoms with Crippen LogP contribution in [0.2, 0.25) is 0 Å². The van der Waals surface area contributed by atoms with Crippen molar-refractivity contribution in [2.45, 2.75) is 25.7 Å². The molecule has 1 fully saturated rings. The van der Waals surface area contributed by atoms with Gasteiger partial charge in [0.25, 0.3) is 0 Å². The smallest absolute Gasteiger partial charge is 0.222 e. The van der Waals surface area contributed by atoms with Crippen LogP contribution in [0.3, 0.4) is 0 Å². The monoisotopic (exact) mass is 245 g/mol. The van der Waals surface area contributed by atoms with Crippen molar-refractivity contribution in [1.29, 1.82) is 5.26 Å². The van der Waals surface area contributed by atoms with Crippen molar-refractivity contribution in [3.8, 4) is 6.07 Å². The zero-order valence-corrected chi connectivity index (χ0v) is 10.6. The summed E-state index contributed by atoms with van der Waals surface area (Å²) in [6.45, 7) is 4.30. The van der Waals surface area contributed by atoms with Crippen LogP contribution in [0.25, 0.3) is 0 Å². The average molecular weight is 245 g/mol. The molecule has 1 aromatic heterocycles. The van der Waals surface area contributed by atoms with Crippen molar-refractivity contribution in [3.05, 3.63) is 18.0 Å². The second-order valence-corrected chi connectivity index (χ2v) is 4.54. The molecule has 1 aliphatic heterocycles. The third-order valence-corrected chi connectivity index (χ3v) is 3.13. The number of piperidine rings is 1. The molecule has 5 heteroatoms. The van der Waals surface area contributed by atoms with Gasteiger partial charge in [0, 0.05) is 19.3 Å². The topological polar surface area (TPSA) is 64.8 Å². The van der Waals surface area contributed by atoms with Gasteiger partial charge >= 0.3 is 0 Å². The first-order valence-electron chi connectivity index (χ1n) is 6.53. The Kier molecular flexibility index (Phi) is 4.91. The number of rotatable bonds is 5. The van der Waals surface area contributed by atoms with Crippen molar-refractivity contribution in [2.24, 2.45) is 0 Å². The minimum Gasteiger partial charge on any atom is -0.353 e. The average Bonchev–Trinajstić information content (AvgIpc) is 2.41. The maximum Gasteiger partial charge on any atom is 0.222 e. The minimum atomic E-state index is 0.337. The lowest BCUT2D eigenvalue weighted by atomic mass is 10.1. The SMILES string of the molecule is N#CCc1ccnc(NCCN2CCCCC2)n1. The summed E-state index contributed by atoms with van der Waals surface area (Å²) < 4.78 is 0. The fourth-order valence-electron chi connectivity index (χ4n) is 2.17. The van der Waals surface area contributed by atoms with Gasteiger partial charge in [-0.3, -0.25) is 0 Å². The van der Waals surface area contributed by atoms with Gasteiger partial charge in [-0.25, -0.2) is 9.97 Å². The molecule has 5 nitrogen and oxygen atoms in total. The standard InChI is InChI=1S/C13H19N5/c14-6-4-12-5-7-15-13(17-12)16-8-11-18-9-2-1-3-10-18/h5,7H,1-4,8-11H2,(H,15,16,17). The molecule has 1 aromatic rings. The Morgan fingerprint density at radius 3 is 2.94 bits per heavy atom. The molecule has 0 atom stereocenters. The quantitative estimate of drug-likeness (QED) is 0.850. The molecule has 0 aromatic carbocycles. The second-order valence-electron chi connectivity index (χ2n) is 4.54. The van der Waals surface area contributed by atoms with Crippen molar-refractivity contribution in [3.63, 3.8) is 0 Å². The molecule has 0 saturated carbocycles. The summed E-state index contributed by atoms with van der Waals surface area (Å²) in [6, 6.07) is 3.87. The molecule has 96 valence electrons. The summed E-state index contributed by atoms with van der Waals surface area (Å²) >= 11 is 0. The van der Waals surface area contributed by atoms with E-state index in [9.17, 15) is 0 Å². The highest BCUT2D eigenvalue weighted by Gasteiger charge is 2.09.